The minimum Gasteiger partial charge on any atom is -0.228 e. The van der Waals surface area contributed by atoms with Crippen LogP contribution in [-0.4, -0.2) is 27.3 Å². The molecule has 0 unspecified atom stereocenters. The smallest absolute Gasteiger partial charge is 0.180 e. The molecule has 0 fully saturated rings. The van der Waals surface area contributed by atoms with Crippen molar-refractivity contribution in [3.63, 3.8) is 0 Å². The molecule has 1 aromatic rings. The van der Waals surface area contributed by atoms with Crippen LogP contribution >= 0.6 is 0 Å². The van der Waals surface area contributed by atoms with E-state index in [0.29, 0.717) is 5.56 Å². The lowest BCUT2D eigenvalue weighted by atomic mass is 10.2. The van der Waals surface area contributed by atoms with Crippen LogP contribution in [0.15, 0.2) is 29.2 Å². The van der Waals surface area contributed by atoms with Gasteiger partial charge in [-0.3, -0.25) is 0 Å². The molecule has 0 N–H and O–H groups in total. The molecule has 0 aromatic heterocycles. The Morgan fingerprint density at radius 2 is 1.32 bits per heavy atom. The third-order valence-corrected chi connectivity index (χ3v) is 7.30. The summed E-state index contributed by atoms with van der Waals surface area (Å²) in [5.74, 6) is -0.0628. The SMILES string of the molecule is CC(C)S(=O)(=O)Cc1ccc(S(=O)(=O)C(C)C)cc1. The Kier molecular flexibility index (Phi) is 4.79. The van der Waals surface area contributed by atoms with E-state index in [-0.39, 0.29) is 10.6 Å². The second-order valence-corrected chi connectivity index (χ2v) is 10.2. The molecule has 0 aliphatic heterocycles. The zero-order valence-corrected chi connectivity index (χ0v) is 13.3. The lowest BCUT2D eigenvalue weighted by molar-refractivity contribution is 0.586. The fourth-order valence-corrected chi connectivity index (χ4v) is 3.50. The molecule has 4 nitrogen and oxygen atoms in total. The van der Waals surface area contributed by atoms with Crippen LogP contribution in [0.5, 0.6) is 0 Å². The van der Waals surface area contributed by atoms with Crippen molar-refractivity contribution < 1.29 is 16.8 Å². The number of sulfone groups is 2. The lowest BCUT2D eigenvalue weighted by Gasteiger charge is -2.10. The third kappa shape index (κ3) is 3.79. The zero-order valence-electron chi connectivity index (χ0n) is 11.6. The van der Waals surface area contributed by atoms with E-state index < -0.39 is 30.2 Å². The summed E-state index contributed by atoms with van der Waals surface area (Å²) in [4.78, 5) is 0.230. The van der Waals surface area contributed by atoms with Gasteiger partial charge in [-0.2, -0.15) is 0 Å². The maximum atomic E-state index is 11.9. The monoisotopic (exact) mass is 304 g/mol. The molecule has 0 atom stereocenters. The molecule has 0 spiro atoms. The minimum atomic E-state index is -3.30. The summed E-state index contributed by atoms with van der Waals surface area (Å²) in [6.45, 7) is 6.50. The van der Waals surface area contributed by atoms with Crippen molar-refractivity contribution in [1.82, 2.24) is 0 Å². The van der Waals surface area contributed by atoms with Gasteiger partial charge >= 0.3 is 0 Å². The Bertz CT molecular complexity index is 624. The van der Waals surface area contributed by atoms with Gasteiger partial charge in [0.1, 0.15) is 0 Å². The summed E-state index contributed by atoms with van der Waals surface area (Å²) in [6, 6.07) is 6.07. The first-order valence-corrected chi connectivity index (χ1v) is 9.38. The first kappa shape index (κ1) is 16.2. The van der Waals surface area contributed by atoms with Crippen molar-refractivity contribution >= 4 is 19.7 Å². The molecule has 0 aliphatic rings. The van der Waals surface area contributed by atoms with Gasteiger partial charge in [-0.25, -0.2) is 16.8 Å². The highest BCUT2D eigenvalue weighted by Gasteiger charge is 2.20. The standard InChI is InChI=1S/C13H20O4S2/c1-10(2)18(14,15)9-12-5-7-13(8-6-12)19(16,17)11(3)4/h5-8,10-11H,9H2,1-4H3. The highest BCUT2D eigenvalue weighted by molar-refractivity contribution is 7.92. The lowest BCUT2D eigenvalue weighted by Crippen LogP contribution is -2.16. The molecule has 0 radical (unpaired) electrons. The molecule has 108 valence electrons. The van der Waals surface area contributed by atoms with Crippen LogP contribution < -0.4 is 0 Å². The van der Waals surface area contributed by atoms with E-state index in [4.69, 9.17) is 0 Å². The normalized spacial score (nSPS) is 13.2. The molecule has 0 saturated heterocycles. The Hall–Kier alpha value is -0.880. The van der Waals surface area contributed by atoms with E-state index in [1.807, 2.05) is 0 Å². The Morgan fingerprint density at radius 3 is 1.68 bits per heavy atom. The molecule has 1 aromatic carbocycles. The van der Waals surface area contributed by atoms with Crippen molar-refractivity contribution in [1.29, 1.82) is 0 Å². The zero-order chi connectivity index (χ0) is 14.8. The Labute approximate surface area is 115 Å². The molecule has 0 amide bonds. The molecular weight excluding hydrogens is 284 g/mol. The topological polar surface area (TPSA) is 68.3 Å². The van der Waals surface area contributed by atoms with Crippen LogP contribution in [0.4, 0.5) is 0 Å². The maximum Gasteiger partial charge on any atom is 0.180 e. The Morgan fingerprint density at radius 1 is 0.842 bits per heavy atom. The summed E-state index contributed by atoms with van der Waals surface area (Å²) < 4.78 is 47.4. The van der Waals surface area contributed by atoms with E-state index in [2.05, 4.69) is 0 Å². The first-order valence-electron chi connectivity index (χ1n) is 6.12. The fourth-order valence-electron chi connectivity index (χ4n) is 1.45. The highest BCUT2D eigenvalue weighted by Crippen LogP contribution is 2.18. The molecule has 0 heterocycles. The predicted molar refractivity (Wildman–Crippen MR) is 76.5 cm³/mol. The number of hydrogen-bond donors (Lipinski definition) is 0. The van der Waals surface area contributed by atoms with Crippen LogP contribution in [0.3, 0.4) is 0 Å². The van der Waals surface area contributed by atoms with Crippen LogP contribution in [-0.2, 0) is 25.4 Å². The molecule has 0 bridgehead atoms. The van der Waals surface area contributed by atoms with E-state index in [0.717, 1.165) is 0 Å². The average Bonchev–Trinajstić information content (AvgIpc) is 2.28. The van der Waals surface area contributed by atoms with Crippen LogP contribution in [0.2, 0.25) is 0 Å². The largest absolute Gasteiger partial charge is 0.228 e. The molecule has 19 heavy (non-hydrogen) atoms. The van der Waals surface area contributed by atoms with Crippen molar-refractivity contribution in [3.05, 3.63) is 29.8 Å². The maximum absolute atomic E-state index is 11.9. The summed E-state index contributed by atoms with van der Waals surface area (Å²) in [5, 5.41) is -0.927. The quantitative estimate of drug-likeness (QED) is 0.836. The molecule has 6 heteroatoms. The number of rotatable bonds is 5. The molecule has 0 aliphatic carbocycles. The highest BCUT2D eigenvalue weighted by atomic mass is 32.2. The summed E-state index contributed by atoms with van der Waals surface area (Å²) in [7, 11) is -6.47. The van der Waals surface area contributed by atoms with Gasteiger partial charge in [-0.15, -0.1) is 0 Å². The van der Waals surface area contributed by atoms with E-state index in [9.17, 15) is 16.8 Å². The van der Waals surface area contributed by atoms with Crippen LogP contribution in [0.1, 0.15) is 33.3 Å². The van der Waals surface area contributed by atoms with Gasteiger partial charge in [0.05, 0.1) is 21.1 Å². The summed E-state index contributed by atoms with van der Waals surface area (Å²) in [6.07, 6.45) is 0. The van der Waals surface area contributed by atoms with Crippen molar-refractivity contribution in [2.45, 2.75) is 48.8 Å². The number of hydrogen-bond acceptors (Lipinski definition) is 4. The van der Waals surface area contributed by atoms with Gasteiger partial charge in [0.2, 0.25) is 0 Å². The predicted octanol–water partition coefficient (Wildman–Crippen LogP) is 2.19. The number of benzene rings is 1. The third-order valence-electron chi connectivity index (χ3n) is 2.96. The van der Waals surface area contributed by atoms with Gasteiger partial charge in [-0.05, 0) is 45.4 Å². The van der Waals surface area contributed by atoms with Gasteiger partial charge in [0.15, 0.2) is 19.7 Å². The van der Waals surface area contributed by atoms with Crippen LogP contribution in [0, 0.1) is 0 Å². The molecule has 1 rings (SSSR count). The van der Waals surface area contributed by atoms with Gasteiger partial charge in [-0.1, -0.05) is 12.1 Å². The second-order valence-electron chi connectivity index (χ2n) is 5.09. The minimum absolute atomic E-state index is 0.0628. The first-order chi connectivity index (χ1) is 8.57. The molecule has 0 saturated carbocycles. The summed E-state index contributed by atoms with van der Waals surface area (Å²) >= 11 is 0. The average molecular weight is 304 g/mol. The second kappa shape index (κ2) is 5.63. The van der Waals surface area contributed by atoms with Crippen molar-refractivity contribution in [2.75, 3.05) is 0 Å². The van der Waals surface area contributed by atoms with Gasteiger partial charge in [0, 0.05) is 0 Å². The van der Waals surface area contributed by atoms with E-state index in [1.165, 1.54) is 12.1 Å². The van der Waals surface area contributed by atoms with Crippen molar-refractivity contribution in [3.8, 4) is 0 Å². The molecular formula is C13H20O4S2. The van der Waals surface area contributed by atoms with Gasteiger partial charge in [0.25, 0.3) is 0 Å². The van der Waals surface area contributed by atoms with E-state index >= 15 is 0 Å². The Balaban J connectivity index is 3.02. The van der Waals surface area contributed by atoms with Gasteiger partial charge < -0.3 is 0 Å². The van der Waals surface area contributed by atoms with Crippen LogP contribution in [0.25, 0.3) is 0 Å². The summed E-state index contributed by atoms with van der Waals surface area (Å²) in [5.41, 5.74) is 0.608. The van der Waals surface area contributed by atoms with Crippen molar-refractivity contribution in [2.24, 2.45) is 0 Å². The van der Waals surface area contributed by atoms with E-state index in [1.54, 1.807) is 39.8 Å². The fraction of sp³-hybridized carbons (Fsp3) is 0.538.